The first kappa shape index (κ1) is 10.5. The summed E-state index contributed by atoms with van der Waals surface area (Å²) in [5, 5.41) is 3.49. The quantitative estimate of drug-likeness (QED) is 0.860. The van der Waals surface area contributed by atoms with Crippen LogP contribution in [0.4, 0.5) is 0 Å². The number of ether oxygens (including phenoxy) is 1. The molecule has 1 N–H and O–H groups in total. The lowest BCUT2D eigenvalue weighted by Crippen LogP contribution is -2.17. The zero-order valence-electron chi connectivity index (χ0n) is 9.24. The van der Waals surface area contributed by atoms with E-state index in [1.165, 1.54) is 0 Å². The summed E-state index contributed by atoms with van der Waals surface area (Å²) in [6, 6.07) is 7.11. The van der Waals surface area contributed by atoms with Crippen molar-refractivity contribution in [2.45, 2.75) is 6.92 Å². The molecule has 0 spiro atoms. The molecule has 0 aliphatic rings. The molecule has 0 radical (unpaired) electrons. The predicted molar refractivity (Wildman–Crippen MR) is 60.8 cm³/mol. The third-order valence-electron chi connectivity index (χ3n) is 2.27. The van der Waals surface area contributed by atoms with Crippen molar-refractivity contribution >= 4 is 16.9 Å². The molecule has 2 aromatic rings. The number of furan rings is 1. The molecule has 0 saturated heterocycles. The van der Waals surface area contributed by atoms with Crippen LogP contribution in [0.25, 0.3) is 11.0 Å². The van der Waals surface area contributed by atoms with E-state index < -0.39 is 0 Å². The maximum Gasteiger partial charge on any atom is 0.285 e. The molecular formula is C12H13NO3. The van der Waals surface area contributed by atoms with Crippen LogP contribution in [0.15, 0.2) is 28.7 Å². The Morgan fingerprint density at radius 2 is 2.25 bits per heavy atom. The number of hydrogen-bond donors (Lipinski definition) is 1. The molecule has 0 saturated carbocycles. The van der Waals surface area contributed by atoms with Crippen LogP contribution in [0, 0.1) is 0 Å². The maximum absolute atomic E-state index is 11.4. The van der Waals surface area contributed by atoms with Gasteiger partial charge in [-0.25, -0.2) is 0 Å². The van der Waals surface area contributed by atoms with Gasteiger partial charge in [0.25, 0.3) is 11.9 Å². The lowest BCUT2D eigenvalue weighted by Gasteiger charge is -1.98. The SMILES string of the molecule is CCOc1cc2ccc(C(=O)NC)cc2o1. The highest BCUT2D eigenvalue weighted by atomic mass is 16.6. The van der Waals surface area contributed by atoms with Gasteiger partial charge in [-0.15, -0.1) is 0 Å². The van der Waals surface area contributed by atoms with Crippen LogP contribution in [0.5, 0.6) is 5.95 Å². The van der Waals surface area contributed by atoms with Crippen LogP contribution in [0.1, 0.15) is 17.3 Å². The van der Waals surface area contributed by atoms with Gasteiger partial charge in [0.15, 0.2) is 0 Å². The van der Waals surface area contributed by atoms with Gasteiger partial charge < -0.3 is 14.5 Å². The van der Waals surface area contributed by atoms with Crippen molar-refractivity contribution in [3.8, 4) is 5.95 Å². The molecule has 16 heavy (non-hydrogen) atoms. The third-order valence-corrected chi connectivity index (χ3v) is 2.27. The molecule has 84 valence electrons. The summed E-state index contributed by atoms with van der Waals surface area (Å²) >= 11 is 0. The Balaban J connectivity index is 2.41. The monoisotopic (exact) mass is 219 g/mol. The van der Waals surface area contributed by atoms with Gasteiger partial charge in [-0.1, -0.05) is 6.07 Å². The molecule has 0 aliphatic heterocycles. The van der Waals surface area contributed by atoms with Gasteiger partial charge in [0.05, 0.1) is 6.61 Å². The fourth-order valence-corrected chi connectivity index (χ4v) is 1.51. The van der Waals surface area contributed by atoms with Gasteiger partial charge in [-0.2, -0.15) is 0 Å². The summed E-state index contributed by atoms with van der Waals surface area (Å²) in [6.07, 6.45) is 0. The van der Waals surface area contributed by atoms with Crippen LogP contribution in [-0.2, 0) is 0 Å². The van der Waals surface area contributed by atoms with Gasteiger partial charge in [-0.3, -0.25) is 4.79 Å². The standard InChI is InChI=1S/C12H13NO3/c1-3-15-11-7-8-4-5-9(12(14)13-2)6-10(8)16-11/h4-7H,3H2,1-2H3,(H,13,14). The second kappa shape index (κ2) is 4.26. The van der Waals surface area contributed by atoms with E-state index >= 15 is 0 Å². The molecule has 1 aromatic heterocycles. The second-order valence-electron chi connectivity index (χ2n) is 3.33. The minimum Gasteiger partial charge on any atom is -0.465 e. The molecule has 1 aromatic carbocycles. The Kier molecular flexibility index (Phi) is 2.81. The van der Waals surface area contributed by atoms with Gasteiger partial charge in [0.2, 0.25) is 0 Å². The molecule has 0 fully saturated rings. The van der Waals surface area contributed by atoms with Crippen molar-refractivity contribution in [2.75, 3.05) is 13.7 Å². The number of benzene rings is 1. The predicted octanol–water partition coefficient (Wildman–Crippen LogP) is 2.19. The lowest BCUT2D eigenvalue weighted by molar-refractivity contribution is 0.0963. The van der Waals surface area contributed by atoms with Crippen molar-refractivity contribution in [3.05, 3.63) is 29.8 Å². The summed E-state index contributed by atoms with van der Waals surface area (Å²) < 4.78 is 10.7. The lowest BCUT2D eigenvalue weighted by atomic mass is 10.1. The van der Waals surface area contributed by atoms with Gasteiger partial charge in [0, 0.05) is 24.1 Å². The van der Waals surface area contributed by atoms with E-state index in [0.29, 0.717) is 23.7 Å². The number of rotatable bonds is 3. The van der Waals surface area contributed by atoms with Gasteiger partial charge >= 0.3 is 0 Å². The summed E-state index contributed by atoms with van der Waals surface area (Å²) in [5.41, 5.74) is 1.23. The number of fused-ring (bicyclic) bond motifs is 1. The molecular weight excluding hydrogens is 206 g/mol. The van der Waals surface area contributed by atoms with Crippen LogP contribution in [0.2, 0.25) is 0 Å². The zero-order valence-corrected chi connectivity index (χ0v) is 9.24. The molecule has 0 aliphatic carbocycles. The van der Waals surface area contributed by atoms with Crippen molar-refractivity contribution in [3.63, 3.8) is 0 Å². The summed E-state index contributed by atoms with van der Waals surface area (Å²) in [7, 11) is 1.60. The number of amides is 1. The van der Waals surface area contributed by atoms with Crippen LogP contribution in [0.3, 0.4) is 0 Å². The van der Waals surface area contributed by atoms with Crippen LogP contribution < -0.4 is 10.1 Å². The minimum atomic E-state index is -0.128. The highest BCUT2D eigenvalue weighted by molar-refractivity contribution is 5.97. The van der Waals surface area contributed by atoms with Gasteiger partial charge in [-0.05, 0) is 19.1 Å². The first-order valence-corrected chi connectivity index (χ1v) is 5.13. The average Bonchev–Trinajstić information content (AvgIpc) is 2.69. The van der Waals surface area contributed by atoms with E-state index in [1.54, 1.807) is 19.2 Å². The zero-order chi connectivity index (χ0) is 11.5. The van der Waals surface area contributed by atoms with Crippen molar-refractivity contribution in [2.24, 2.45) is 0 Å². The molecule has 4 nitrogen and oxygen atoms in total. The number of carbonyl (C=O) groups is 1. The topological polar surface area (TPSA) is 51.5 Å². The number of carbonyl (C=O) groups excluding carboxylic acids is 1. The Morgan fingerprint density at radius 1 is 1.44 bits per heavy atom. The van der Waals surface area contributed by atoms with E-state index in [2.05, 4.69) is 5.32 Å². The fourth-order valence-electron chi connectivity index (χ4n) is 1.51. The van der Waals surface area contributed by atoms with Crippen molar-refractivity contribution < 1.29 is 13.9 Å². The Labute approximate surface area is 93.2 Å². The summed E-state index contributed by atoms with van der Waals surface area (Å²) in [6.45, 7) is 2.45. The average molecular weight is 219 g/mol. The van der Waals surface area contributed by atoms with E-state index in [4.69, 9.17) is 9.15 Å². The second-order valence-corrected chi connectivity index (χ2v) is 3.33. The van der Waals surface area contributed by atoms with Gasteiger partial charge in [0.1, 0.15) is 5.58 Å². The molecule has 0 bridgehead atoms. The van der Waals surface area contributed by atoms with E-state index in [-0.39, 0.29) is 5.91 Å². The molecule has 1 amide bonds. The highest BCUT2D eigenvalue weighted by Crippen LogP contribution is 2.25. The van der Waals surface area contributed by atoms with E-state index in [0.717, 1.165) is 5.39 Å². The fraction of sp³-hybridized carbons (Fsp3) is 0.250. The third kappa shape index (κ3) is 1.86. The van der Waals surface area contributed by atoms with Crippen molar-refractivity contribution in [1.82, 2.24) is 5.32 Å². The highest BCUT2D eigenvalue weighted by Gasteiger charge is 2.08. The summed E-state index contributed by atoms with van der Waals surface area (Å²) in [5.74, 6) is 0.350. The Hall–Kier alpha value is -1.97. The van der Waals surface area contributed by atoms with E-state index in [1.807, 2.05) is 19.1 Å². The normalized spacial score (nSPS) is 10.4. The number of hydrogen-bond acceptors (Lipinski definition) is 3. The molecule has 1 heterocycles. The molecule has 2 rings (SSSR count). The first-order chi connectivity index (χ1) is 7.74. The first-order valence-electron chi connectivity index (χ1n) is 5.13. The van der Waals surface area contributed by atoms with Crippen LogP contribution >= 0.6 is 0 Å². The smallest absolute Gasteiger partial charge is 0.285 e. The maximum atomic E-state index is 11.4. The molecule has 0 atom stereocenters. The minimum absolute atomic E-state index is 0.128. The molecule has 0 unspecified atom stereocenters. The van der Waals surface area contributed by atoms with E-state index in [9.17, 15) is 4.79 Å². The Morgan fingerprint density at radius 3 is 2.94 bits per heavy atom. The van der Waals surface area contributed by atoms with Crippen LogP contribution in [-0.4, -0.2) is 19.6 Å². The number of nitrogens with one attached hydrogen (secondary N) is 1. The molecule has 4 heteroatoms. The summed E-state index contributed by atoms with van der Waals surface area (Å²) in [4.78, 5) is 11.4. The van der Waals surface area contributed by atoms with Crippen molar-refractivity contribution in [1.29, 1.82) is 0 Å². The largest absolute Gasteiger partial charge is 0.465 e. The Bertz CT molecular complexity index is 516.